The number of esters is 1. The van der Waals surface area contributed by atoms with Crippen molar-refractivity contribution in [2.75, 3.05) is 25.4 Å². The third-order valence-electron chi connectivity index (χ3n) is 8.37. The number of piperidine rings is 1. The zero-order valence-corrected chi connectivity index (χ0v) is 22.6. The van der Waals surface area contributed by atoms with Gasteiger partial charge in [0.05, 0.1) is 18.6 Å². The van der Waals surface area contributed by atoms with Gasteiger partial charge in [-0.2, -0.15) is 5.26 Å². The van der Waals surface area contributed by atoms with E-state index in [2.05, 4.69) is 40.6 Å². The summed E-state index contributed by atoms with van der Waals surface area (Å²) >= 11 is 0. The Kier molecular flexibility index (Phi) is 6.87. The third-order valence-corrected chi connectivity index (χ3v) is 8.37. The molecule has 1 spiro atoms. The molecule has 1 saturated heterocycles. The average Bonchev–Trinajstić information content (AvgIpc) is 3.25. The minimum atomic E-state index is -0.337. The smallest absolute Gasteiger partial charge is 0.310 e. The van der Waals surface area contributed by atoms with Crippen molar-refractivity contribution >= 4 is 22.6 Å². The number of benzene rings is 3. The van der Waals surface area contributed by atoms with Crippen LogP contribution in [0, 0.1) is 11.3 Å². The van der Waals surface area contributed by atoms with E-state index in [1.807, 2.05) is 24.3 Å². The summed E-state index contributed by atoms with van der Waals surface area (Å²) in [6.07, 6.45) is 4.40. The highest BCUT2D eigenvalue weighted by Gasteiger charge is 2.45. The van der Waals surface area contributed by atoms with Crippen LogP contribution < -0.4 is 15.8 Å². The van der Waals surface area contributed by atoms with Crippen LogP contribution in [-0.4, -0.2) is 30.6 Å². The predicted octanol–water partition coefficient (Wildman–Crippen LogP) is 5.61. The molecule has 0 radical (unpaired) electrons. The molecule has 0 bridgehead atoms. The van der Waals surface area contributed by atoms with Crippen LogP contribution in [0.2, 0.25) is 0 Å². The first kappa shape index (κ1) is 25.8. The lowest BCUT2D eigenvalue weighted by atomic mass is 9.74. The molecule has 2 heterocycles. The van der Waals surface area contributed by atoms with E-state index in [9.17, 15) is 10.1 Å². The molecule has 6 rings (SSSR count). The molecule has 1 unspecified atom stereocenters. The highest BCUT2D eigenvalue weighted by atomic mass is 16.5. The first-order valence-electron chi connectivity index (χ1n) is 13.9. The van der Waals surface area contributed by atoms with E-state index in [-0.39, 0.29) is 23.9 Å². The molecule has 3 aromatic carbocycles. The zero-order valence-electron chi connectivity index (χ0n) is 22.6. The van der Waals surface area contributed by atoms with Crippen molar-refractivity contribution in [3.8, 4) is 22.9 Å². The molecule has 7 nitrogen and oxygen atoms in total. The number of nitriles is 1. The maximum Gasteiger partial charge on any atom is 0.310 e. The Bertz CT molecular complexity index is 1640. The molecule has 7 heteroatoms. The number of anilines is 1. The highest BCUT2D eigenvalue weighted by molar-refractivity contribution is 6.01. The Morgan fingerprint density at radius 3 is 2.75 bits per heavy atom. The average molecular weight is 533 g/mol. The van der Waals surface area contributed by atoms with Gasteiger partial charge in [0.2, 0.25) is 0 Å². The Morgan fingerprint density at radius 2 is 1.95 bits per heavy atom. The predicted molar refractivity (Wildman–Crippen MR) is 155 cm³/mol. The number of hydrogen-bond donors (Lipinski definition) is 2. The van der Waals surface area contributed by atoms with E-state index in [0.717, 1.165) is 59.8 Å². The van der Waals surface area contributed by atoms with E-state index in [4.69, 9.17) is 15.2 Å². The second-order valence-electron chi connectivity index (χ2n) is 10.6. The van der Waals surface area contributed by atoms with Crippen LogP contribution in [0.25, 0.3) is 21.9 Å². The number of ether oxygens (including phenoxy) is 2. The van der Waals surface area contributed by atoms with Crippen LogP contribution in [-0.2, 0) is 21.4 Å². The van der Waals surface area contributed by atoms with Crippen LogP contribution in [0.15, 0.2) is 66.9 Å². The van der Waals surface area contributed by atoms with Gasteiger partial charge < -0.3 is 20.5 Å². The Labute approximate surface area is 233 Å². The fourth-order valence-corrected chi connectivity index (χ4v) is 6.48. The SMILES string of the molecule is CCOC(=O)Cc1cccc(C#N)c1OC1CC2(CCNCC2)c2ccc(-c3cccc4c(N)nccc34)cc21. The van der Waals surface area contributed by atoms with Gasteiger partial charge in [-0.05, 0) is 85.1 Å². The van der Waals surface area contributed by atoms with E-state index in [0.29, 0.717) is 29.3 Å². The quantitative estimate of drug-likeness (QED) is 0.311. The molecule has 3 N–H and O–H groups in total. The monoisotopic (exact) mass is 532 g/mol. The number of nitrogens with zero attached hydrogens (tertiary/aromatic N) is 2. The first-order valence-corrected chi connectivity index (χ1v) is 13.9. The van der Waals surface area contributed by atoms with Gasteiger partial charge in [-0.15, -0.1) is 0 Å². The van der Waals surface area contributed by atoms with Gasteiger partial charge in [0.1, 0.15) is 23.7 Å². The highest BCUT2D eigenvalue weighted by Crippen LogP contribution is 2.53. The number of aromatic nitrogens is 1. The van der Waals surface area contributed by atoms with Crippen molar-refractivity contribution in [1.29, 1.82) is 5.26 Å². The lowest BCUT2D eigenvalue weighted by Gasteiger charge is -2.35. The number of nitrogens with two attached hydrogens (primary N) is 1. The molecule has 2 aliphatic rings. The number of nitrogen functional groups attached to an aromatic ring is 1. The van der Waals surface area contributed by atoms with Crippen molar-refractivity contribution in [2.24, 2.45) is 0 Å². The van der Waals surface area contributed by atoms with E-state index < -0.39 is 0 Å². The number of carbonyl (C=O) groups excluding carboxylic acids is 1. The van der Waals surface area contributed by atoms with Gasteiger partial charge in [-0.25, -0.2) is 4.98 Å². The Hall–Kier alpha value is -4.41. The second-order valence-corrected chi connectivity index (χ2v) is 10.6. The molecule has 202 valence electrons. The number of hydrogen-bond acceptors (Lipinski definition) is 7. The van der Waals surface area contributed by atoms with Gasteiger partial charge in [-0.3, -0.25) is 4.79 Å². The summed E-state index contributed by atoms with van der Waals surface area (Å²) in [6.45, 7) is 3.99. The molecular formula is C33H32N4O3. The number of nitrogens with one attached hydrogen (secondary N) is 1. The topological polar surface area (TPSA) is 110 Å². The molecule has 0 saturated carbocycles. The van der Waals surface area contributed by atoms with E-state index in [1.165, 1.54) is 5.56 Å². The molecule has 0 amide bonds. The van der Waals surface area contributed by atoms with Gasteiger partial charge in [0, 0.05) is 22.6 Å². The summed E-state index contributed by atoms with van der Waals surface area (Å²) in [5, 5.41) is 15.4. The second kappa shape index (κ2) is 10.6. The summed E-state index contributed by atoms with van der Waals surface area (Å²) in [5.74, 6) is 0.642. The number of carbonyl (C=O) groups is 1. The van der Waals surface area contributed by atoms with Crippen molar-refractivity contribution in [3.63, 3.8) is 0 Å². The van der Waals surface area contributed by atoms with Crippen LogP contribution in [0.5, 0.6) is 5.75 Å². The molecule has 1 aliphatic carbocycles. The fraction of sp³-hybridized carbons (Fsp3) is 0.303. The van der Waals surface area contributed by atoms with Gasteiger partial charge >= 0.3 is 5.97 Å². The number of para-hydroxylation sites is 1. The minimum absolute atomic E-state index is 0.000223. The summed E-state index contributed by atoms with van der Waals surface area (Å²) in [5.41, 5.74) is 11.9. The van der Waals surface area contributed by atoms with Crippen molar-refractivity contribution in [3.05, 3.63) is 89.1 Å². The van der Waals surface area contributed by atoms with Gasteiger partial charge in [0.15, 0.2) is 0 Å². The van der Waals surface area contributed by atoms with Crippen LogP contribution in [0.4, 0.5) is 5.82 Å². The van der Waals surface area contributed by atoms with Gasteiger partial charge in [0.25, 0.3) is 0 Å². The lowest BCUT2D eigenvalue weighted by molar-refractivity contribution is -0.142. The zero-order chi connectivity index (χ0) is 27.7. The normalized spacial score (nSPS) is 17.4. The molecule has 40 heavy (non-hydrogen) atoms. The summed E-state index contributed by atoms with van der Waals surface area (Å²) in [4.78, 5) is 16.7. The van der Waals surface area contributed by atoms with Crippen LogP contribution in [0.1, 0.15) is 54.5 Å². The van der Waals surface area contributed by atoms with Crippen molar-refractivity contribution < 1.29 is 14.3 Å². The molecule has 1 fully saturated rings. The lowest BCUT2D eigenvalue weighted by Crippen LogP contribution is -2.38. The summed E-state index contributed by atoms with van der Waals surface area (Å²) < 4.78 is 12.0. The van der Waals surface area contributed by atoms with Crippen molar-refractivity contribution in [1.82, 2.24) is 10.3 Å². The molecule has 1 atom stereocenters. The molecular weight excluding hydrogens is 500 g/mol. The maximum atomic E-state index is 12.4. The number of pyridine rings is 1. The Morgan fingerprint density at radius 1 is 1.12 bits per heavy atom. The van der Waals surface area contributed by atoms with E-state index in [1.54, 1.807) is 25.3 Å². The molecule has 1 aliphatic heterocycles. The number of rotatable bonds is 6. The maximum absolute atomic E-state index is 12.4. The third kappa shape index (κ3) is 4.55. The van der Waals surface area contributed by atoms with Crippen LogP contribution >= 0.6 is 0 Å². The Balaban J connectivity index is 1.45. The summed E-state index contributed by atoms with van der Waals surface area (Å²) in [6, 6.07) is 22.5. The number of fused-ring (bicyclic) bond motifs is 3. The van der Waals surface area contributed by atoms with Gasteiger partial charge in [-0.1, -0.05) is 42.5 Å². The molecule has 1 aromatic heterocycles. The standard InChI is InChI=1S/C33H32N4O3/c1-2-39-30(38)18-22-5-3-6-23(20-34)31(22)40-29-19-33(12-15-36-16-13-33)28-10-9-21(17-27(28)29)24-7-4-8-26-25(24)11-14-37-32(26)35/h3-11,14,17,29,36H,2,12-13,15-16,18-19H2,1H3,(H2,35,37). The van der Waals surface area contributed by atoms with Crippen molar-refractivity contribution in [2.45, 2.75) is 44.1 Å². The summed E-state index contributed by atoms with van der Waals surface area (Å²) in [7, 11) is 0. The van der Waals surface area contributed by atoms with Crippen LogP contribution in [0.3, 0.4) is 0 Å². The van der Waals surface area contributed by atoms with E-state index >= 15 is 0 Å². The minimum Gasteiger partial charge on any atom is -0.484 e. The first-order chi connectivity index (χ1) is 19.5. The largest absolute Gasteiger partial charge is 0.484 e. The molecule has 4 aromatic rings. The fourth-order valence-electron chi connectivity index (χ4n) is 6.48.